The van der Waals surface area contributed by atoms with E-state index in [1.54, 1.807) is 12.1 Å². The lowest BCUT2D eigenvalue weighted by atomic mass is 9.87. The van der Waals surface area contributed by atoms with Gasteiger partial charge in [0.25, 0.3) is 5.91 Å². The van der Waals surface area contributed by atoms with E-state index in [1.807, 2.05) is 50.2 Å². The average Bonchev–Trinajstić information content (AvgIpc) is 2.59. The van der Waals surface area contributed by atoms with E-state index in [0.717, 1.165) is 11.1 Å². The SMILES string of the molecule is Cc1ccc([C@@H](C)NC(=O)COC(=O)c2ccc(C(C)(C)C)cc2)cc1. The van der Waals surface area contributed by atoms with Crippen LogP contribution in [-0.4, -0.2) is 18.5 Å². The molecule has 4 nitrogen and oxygen atoms in total. The van der Waals surface area contributed by atoms with Crippen molar-refractivity contribution in [1.29, 1.82) is 0 Å². The zero-order valence-corrected chi connectivity index (χ0v) is 16.1. The largest absolute Gasteiger partial charge is 0.452 e. The van der Waals surface area contributed by atoms with Crippen molar-refractivity contribution in [1.82, 2.24) is 5.32 Å². The van der Waals surface area contributed by atoms with Crippen LogP contribution in [0.4, 0.5) is 0 Å². The van der Waals surface area contributed by atoms with E-state index in [4.69, 9.17) is 4.74 Å². The van der Waals surface area contributed by atoms with E-state index in [2.05, 4.69) is 26.1 Å². The van der Waals surface area contributed by atoms with Gasteiger partial charge in [-0.3, -0.25) is 4.79 Å². The molecule has 2 rings (SSSR count). The number of esters is 1. The van der Waals surface area contributed by atoms with Gasteiger partial charge in [-0.05, 0) is 42.5 Å². The molecule has 0 aliphatic carbocycles. The Morgan fingerprint density at radius 2 is 1.58 bits per heavy atom. The van der Waals surface area contributed by atoms with Gasteiger partial charge < -0.3 is 10.1 Å². The van der Waals surface area contributed by atoms with Gasteiger partial charge in [0.15, 0.2) is 6.61 Å². The van der Waals surface area contributed by atoms with Gasteiger partial charge >= 0.3 is 5.97 Å². The fourth-order valence-corrected chi connectivity index (χ4v) is 2.54. The number of rotatable bonds is 5. The number of aryl methyl sites for hydroxylation is 1. The number of hydrogen-bond acceptors (Lipinski definition) is 3. The molecule has 0 aliphatic rings. The Morgan fingerprint density at radius 3 is 2.12 bits per heavy atom. The van der Waals surface area contributed by atoms with Crippen molar-refractivity contribution >= 4 is 11.9 Å². The van der Waals surface area contributed by atoms with Crippen molar-refractivity contribution in [2.75, 3.05) is 6.61 Å². The molecule has 0 fully saturated rings. The summed E-state index contributed by atoms with van der Waals surface area (Å²) in [4.78, 5) is 24.1. The third kappa shape index (κ3) is 5.45. The molecular weight excluding hydrogens is 326 g/mol. The Hall–Kier alpha value is -2.62. The van der Waals surface area contributed by atoms with E-state index in [0.29, 0.717) is 5.56 Å². The predicted octanol–water partition coefficient (Wildman–Crippen LogP) is 4.33. The number of nitrogens with one attached hydrogen (secondary N) is 1. The van der Waals surface area contributed by atoms with Crippen molar-refractivity contribution in [2.24, 2.45) is 0 Å². The lowest BCUT2D eigenvalue weighted by Crippen LogP contribution is -2.31. The molecular formula is C22H27NO3. The molecule has 1 amide bonds. The first-order valence-corrected chi connectivity index (χ1v) is 8.80. The molecule has 0 aromatic heterocycles. The summed E-state index contributed by atoms with van der Waals surface area (Å²) in [5, 5.41) is 2.84. The highest BCUT2D eigenvalue weighted by Gasteiger charge is 2.16. The molecule has 0 bridgehead atoms. The number of benzene rings is 2. The van der Waals surface area contributed by atoms with Gasteiger partial charge in [-0.2, -0.15) is 0 Å². The van der Waals surface area contributed by atoms with Crippen LogP contribution < -0.4 is 5.32 Å². The summed E-state index contributed by atoms with van der Waals surface area (Å²) in [6, 6.07) is 15.1. The van der Waals surface area contributed by atoms with Crippen LogP contribution in [0.15, 0.2) is 48.5 Å². The number of carbonyl (C=O) groups is 2. The van der Waals surface area contributed by atoms with Crippen LogP contribution in [0.25, 0.3) is 0 Å². The third-order valence-corrected chi connectivity index (χ3v) is 4.28. The van der Waals surface area contributed by atoms with Crippen LogP contribution in [0.2, 0.25) is 0 Å². The molecule has 0 saturated heterocycles. The summed E-state index contributed by atoms with van der Waals surface area (Å²) in [5.74, 6) is -0.818. The number of amides is 1. The molecule has 2 aromatic rings. The molecule has 2 aromatic carbocycles. The van der Waals surface area contributed by atoms with Crippen molar-refractivity contribution in [2.45, 2.75) is 46.1 Å². The first-order valence-electron chi connectivity index (χ1n) is 8.80. The second-order valence-corrected chi connectivity index (χ2v) is 7.60. The van der Waals surface area contributed by atoms with Crippen molar-refractivity contribution in [3.8, 4) is 0 Å². The topological polar surface area (TPSA) is 55.4 Å². The van der Waals surface area contributed by atoms with Gasteiger partial charge in [-0.25, -0.2) is 4.79 Å². The maximum atomic E-state index is 12.1. The Balaban J connectivity index is 1.86. The van der Waals surface area contributed by atoms with Gasteiger partial charge in [0.05, 0.1) is 11.6 Å². The van der Waals surface area contributed by atoms with Gasteiger partial charge in [-0.15, -0.1) is 0 Å². The van der Waals surface area contributed by atoms with Crippen LogP contribution >= 0.6 is 0 Å². The monoisotopic (exact) mass is 353 g/mol. The zero-order chi connectivity index (χ0) is 19.3. The molecule has 0 unspecified atom stereocenters. The molecule has 4 heteroatoms. The second-order valence-electron chi connectivity index (χ2n) is 7.60. The van der Waals surface area contributed by atoms with Gasteiger partial charge in [-0.1, -0.05) is 62.7 Å². The molecule has 0 spiro atoms. The smallest absolute Gasteiger partial charge is 0.338 e. The molecule has 138 valence electrons. The molecule has 1 atom stereocenters. The molecule has 0 radical (unpaired) electrons. The van der Waals surface area contributed by atoms with Gasteiger partial charge in [0, 0.05) is 0 Å². The second kappa shape index (κ2) is 8.17. The Bertz CT molecular complexity index is 755. The lowest BCUT2D eigenvalue weighted by Gasteiger charge is -2.19. The van der Waals surface area contributed by atoms with E-state index >= 15 is 0 Å². The molecule has 0 saturated carbocycles. The summed E-state index contributed by atoms with van der Waals surface area (Å²) in [5.41, 5.74) is 3.77. The summed E-state index contributed by atoms with van der Waals surface area (Å²) in [6.07, 6.45) is 0. The predicted molar refractivity (Wildman–Crippen MR) is 103 cm³/mol. The fraction of sp³-hybridized carbons (Fsp3) is 0.364. The Labute approximate surface area is 155 Å². The van der Waals surface area contributed by atoms with Crippen molar-refractivity contribution in [3.63, 3.8) is 0 Å². The molecule has 1 N–H and O–H groups in total. The van der Waals surface area contributed by atoms with Crippen molar-refractivity contribution in [3.05, 3.63) is 70.8 Å². The molecule has 0 aliphatic heterocycles. The number of hydrogen-bond donors (Lipinski definition) is 1. The first-order chi connectivity index (χ1) is 12.2. The quantitative estimate of drug-likeness (QED) is 0.814. The number of ether oxygens (including phenoxy) is 1. The van der Waals surface area contributed by atoms with E-state index in [9.17, 15) is 9.59 Å². The van der Waals surface area contributed by atoms with Crippen LogP contribution in [-0.2, 0) is 14.9 Å². The van der Waals surface area contributed by atoms with E-state index in [-0.39, 0.29) is 24.0 Å². The van der Waals surface area contributed by atoms with Crippen LogP contribution in [0.5, 0.6) is 0 Å². The minimum atomic E-state index is -0.497. The lowest BCUT2D eigenvalue weighted by molar-refractivity contribution is -0.124. The maximum absolute atomic E-state index is 12.1. The summed E-state index contributed by atoms with van der Waals surface area (Å²) in [7, 11) is 0. The summed E-state index contributed by atoms with van der Waals surface area (Å²) >= 11 is 0. The standard InChI is InChI=1S/C22H27NO3/c1-15-6-8-17(9-7-15)16(2)23-20(24)14-26-21(25)18-10-12-19(13-11-18)22(3,4)5/h6-13,16H,14H2,1-5H3,(H,23,24)/t16-/m1/s1. The van der Waals surface area contributed by atoms with Crippen LogP contribution in [0.1, 0.15) is 60.8 Å². The minimum absolute atomic E-state index is 0.0223. The third-order valence-electron chi connectivity index (χ3n) is 4.28. The van der Waals surface area contributed by atoms with E-state index < -0.39 is 5.97 Å². The molecule has 26 heavy (non-hydrogen) atoms. The highest BCUT2D eigenvalue weighted by atomic mass is 16.5. The van der Waals surface area contributed by atoms with Gasteiger partial charge in [0.1, 0.15) is 0 Å². The Morgan fingerprint density at radius 1 is 1.00 bits per heavy atom. The average molecular weight is 353 g/mol. The number of carbonyl (C=O) groups excluding carboxylic acids is 2. The zero-order valence-electron chi connectivity index (χ0n) is 16.1. The van der Waals surface area contributed by atoms with E-state index in [1.165, 1.54) is 5.56 Å². The summed E-state index contributed by atoms with van der Waals surface area (Å²) in [6.45, 7) is 9.95. The first kappa shape index (κ1) is 19.7. The van der Waals surface area contributed by atoms with Crippen LogP contribution in [0, 0.1) is 6.92 Å². The highest BCUT2D eigenvalue weighted by molar-refractivity contribution is 5.91. The minimum Gasteiger partial charge on any atom is -0.452 e. The normalized spacial score (nSPS) is 12.3. The highest BCUT2D eigenvalue weighted by Crippen LogP contribution is 2.22. The fourth-order valence-electron chi connectivity index (χ4n) is 2.54. The van der Waals surface area contributed by atoms with Crippen molar-refractivity contribution < 1.29 is 14.3 Å². The van der Waals surface area contributed by atoms with Gasteiger partial charge in [0.2, 0.25) is 0 Å². The van der Waals surface area contributed by atoms with Crippen LogP contribution in [0.3, 0.4) is 0 Å². The maximum Gasteiger partial charge on any atom is 0.338 e. The Kier molecular flexibility index (Phi) is 6.19. The molecule has 0 heterocycles. The summed E-state index contributed by atoms with van der Waals surface area (Å²) < 4.78 is 5.12.